The lowest BCUT2D eigenvalue weighted by Crippen LogP contribution is -2.99. The van der Waals surface area contributed by atoms with Crippen LogP contribution in [0.15, 0.2) is 72.8 Å². The van der Waals surface area contributed by atoms with Gasteiger partial charge in [-0.1, -0.05) is 60.7 Å². The Bertz CT molecular complexity index is 1270. The average Bonchev–Trinajstić information content (AvgIpc) is 3.09. The van der Waals surface area contributed by atoms with Crippen LogP contribution in [0.1, 0.15) is 28.2 Å². The van der Waals surface area contributed by atoms with Crippen molar-refractivity contribution in [1.29, 1.82) is 0 Å². The van der Waals surface area contributed by atoms with Gasteiger partial charge in [0.25, 0.3) is 0 Å². The van der Waals surface area contributed by atoms with Crippen LogP contribution in [-0.4, -0.2) is 23.3 Å². The molecule has 2 N–H and O–H groups in total. The molecule has 2 bridgehead atoms. The molecule has 0 spiro atoms. The fraction of sp³-hybridized carbons (Fsp3) is 0.160. The minimum atomic E-state index is -1.30. The van der Waals surface area contributed by atoms with Crippen LogP contribution in [0.5, 0.6) is 0 Å². The highest BCUT2D eigenvalue weighted by Crippen LogP contribution is 2.63. The zero-order valence-electron chi connectivity index (χ0n) is 16.8. The van der Waals surface area contributed by atoms with Crippen molar-refractivity contribution >= 4 is 29.5 Å². The minimum Gasteiger partial charge on any atom is -0.595 e. The third kappa shape index (κ3) is 2.07. The molecule has 4 aliphatic rings. The molecule has 1 aliphatic heterocycles. The molecule has 3 atom stereocenters. The maximum atomic E-state index is 13.9. The number of amides is 2. The van der Waals surface area contributed by atoms with Gasteiger partial charge in [-0.3, -0.25) is 9.59 Å². The zero-order valence-corrected chi connectivity index (χ0v) is 16.8. The molecule has 2 amide bonds. The van der Waals surface area contributed by atoms with Crippen LogP contribution < -0.4 is 10.1 Å². The quantitative estimate of drug-likeness (QED) is 0.378. The van der Waals surface area contributed by atoms with Crippen molar-refractivity contribution in [2.45, 2.75) is 11.3 Å². The van der Waals surface area contributed by atoms with Gasteiger partial charge in [0.1, 0.15) is 12.0 Å². The Balaban J connectivity index is 1.64. The molecule has 7 heteroatoms. The highest BCUT2D eigenvalue weighted by atomic mass is 16.8. The number of aldehydes is 1. The van der Waals surface area contributed by atoms with Crippen molar-refractivity contribution in [3.8, 4) is 0 Å². The molecule has 7 nitrogen and oxygen atoms in total. The second kappa shape index (κ2) is 6.43. The highest BCUT2D eigenvalue weighted by molar-refractivity contribution is 6.25. The summed E-state index contributed by atoms with van der Waals surface area (Å²) < 4.78 is 0. The number of anilines is 1. The second-order valence-corrected chi connectivity index (χ2v) is 8.48. The lowest BCUT2D eigenvalue weighted by atomic mass is 9.48. The zero-order chi connectivity index (χ0) is 22.2. The number of carbonyl (C=O) groups is 3. The van der Waals surface area contributed by atoms with E-state index in [-0.39, 0.29) is 17.3 Å². The van der Waals surface area contributed by atoms with Crippen molar-refractivity contribution in [3.05, 3.63) is 100 Å². The number of nitrogens with zero attached hydrogens (tertiary/aromatic N) is 1. The summed E-state index contributed by atoms with van der Waals surface area (Å²) in [6.45, 7) is 0. The summed E-state index contributed by atoms with van der Waals surface area (Å²) in [7, 11) is 0. The fourth-order valence-corrected chi connectivity index (χ4v) is 6.12. The van der Waals surface area contributed by atoms with E-state index in [0.29, 0.717) is 0 Å². The Kier molecular flexibility index (Phi) is 3.83. The van der Waals surface area contributed by atoms with Crippen molar-refractivity contribution in [3.63, 3.8) is 0 Å². The van der Waals surface area contributed by atoms with E-state index in [0.717, 1.165) is 33.4 Å². The van der Waals surface area contributed by atoms with E-state index < -0.39 is 34.3 Å². The third-order valence-corrected chi connectivity index (χ3v) is 7.25. The molecule has 1 saturated heterocycles. The van der Waals surface area contributed by atoms with E-state index >= 15 is 0 Å². The number of carbonyl (C=O) groups excluding carboxylic acids is 3. The maximum absolute atomic E-state index is 13.9. The number of nitrogens with one attached hydrogen (secondary N) is 1. The maximum Gasteiger partial charge on any atom is 0.239 e. The predicted octanol–water partition coefficient (Wildman–Crippen LogP) is 1.84. The molecule has 1 heterocycles. The van der Waals surface area contributed by atoms with Gasteiger partial charge in [-0.05, 0) is 28.3 Å². The number of para-hydroxylation sites is 2. The number of benzene rings is 3. The van der Waals surface area contributed by atoms with Gasteiger partial charge >= 0.3 is 0 Å². The predicted molar refractivity (Wildman–Crippen MR) is 113 cm³/mol. The van der Waals surface area contributed by atoms with Crippen LogP contribution in [0.2, 0.25) is 0 Å². The lowest BCUT2D eigenvalue weighted by Gasteiger charge is -2.51. The molecular weight excluding hydrogens is 408 g/mol. The topological polar surface area (TPSA) is 102 Å². The number of hydrogen-bond acceptors (Lipinski definition) is 5. The van der Waals surface area contributed by atoms with Gasteiger partial charge in [-0.25, -0.2) is 10.1 Å². The molecular formula is C25H18N2O5. The van der Waals surface area contributed by atoms with Crippen LogP contribution >= 0.6 is 0 Å². The highest BCUT2D eigenvalue weighted by Gasteiger charge is 2.68. The molecule has 3 aromatic rings. The van der Waals surface area contributed by atoms with Gasteiger partial charge in [0.15, 0.2) is 5.69 Å². The van der Waals surface area contributed by atoms with E-state index in [2.05, 4.69) is 0 Å². The Morgan fingerprint density at radius 3 is 2.03 bits per heavy atom. The van der Waals surface area contributed by atoms with Crippen molar-refractivity contribution < 1.29 is 24.8 Å². The van der Waals surface area contributed by atoms with E-state index in [1.807, 2.05) is 48.5 Å². The standard InChI is InChI=1S/C25H18N2O5/c28-13-25-16-9-3-1-7-14(16)20(15-8-2-4-10-17(15)25)21-22(25)24(30)26(23(21)29)18-11-5-6-12-19(18)27(31)32/h1-13,20-22,27,31H. The molecule has 0 aromatic heterocycles. The first kappa shape index (κ1) is 19.1. The van der Waals surface area contributed by atoms with Gasteiger partial charge < -0.3 is 10.0 Å². The molecule has 0 radical (unpaired) electrons. The first-order valence-corrected chi connectivity index (χ1v) is 10.4. The van der Waals surface area contributed by atoms with Gasteiger partial charge in [-0.15, -0.1) is 0 Å². The smallest absolute Gasteiger partial charge is 0.239 e. The Hall–Kier alpha value is -3.65. The van der Waals surface area contributed by atoms with Crippen LogP contribution in [0.3, 0.4) is 0 Å². The van der Waals surface area contributed by atoms with Crippen LogP contribution in [0, 0.1) is 17.0 Å². The molecule has 158 valence electrons. The minimum absolute atomic E-state index is 0.0398. The summed E-state index contributed by atoms with van der Waals surface area (Å²) in [5, 5.41) is 20.2. The molecule has 7 rings (SSSR count). The van der Waals surface area contributed by atoms with E-state index in [1.165, 1.54) is 12.1 Å². The van der Waals surface area contributed by atoms with Gasteiger partial charge in [0.2, 0.25) is 11.8 Å². The number of quaternary nitrogens is 1. The van der Waals surface area contributed by atoms with Crippen LogP contribution in [0.25, 0.3) is 0 Å². The fourth-order valence-electron chi connectivity index (χ4n) is 6.12. The second-order valence-electron chi connectivity index (χ2n) is 8.48. The molecule has 3 aliphatic carbocycles. The third-order valence-electron chi connectivity index (χ3n) is 7.25. The van der Waals surface area contributed by atoms with Crippen molar-refractivity contribution in [1.82, 2.24) is 0 Å². The number of hydrogen-bond donors (Lipinski definition) is 2. The summed E-state index contributed by atoms with van der Waals surface area (Å²) in [6, 6.07) is 20.9. The average molecular weight is 426 g/mol. The summed E-state index contributed by atoms with van der Waals surface area (Å²) in [5.74, 6) is -3.08. The van der Waals surface area contributed by atoms with Crippen molar-refractivity contribution in [2.24, 2.45) is 11.8 Å². The molecule has 32 heavy (non-hydrogen) atoms. The first-order valence-electron chi connectivity index (χ1n) is 10.4. The SMILES string of the molecule is O=CC12c3ccccc3C(c3ccccc31)C1C(=O)N(c3ccccc3[NH+]([O-])O)C(=O)C12. The first-order chi connectivity index (χ1) is 15.5. The summed E-state index contributed by atoms with van der Waals surface area (Å²) in [4.78, 5) is 41.5. The van der Waals surface area contributed by atoms with E-state index in [9.17, 15) is 24.8 Å². The molecule has 3 aromatic carbocycles. The summed E-state index contributed by atoms with van der Waals surface area (Å²) in [6.07, 6.45) is 0.801. The normalized spacial score (nSPS) is 28.2. The van der Waals surface area contributed by atoms with Crippen molar-refractivity contribution in [2.75, 3.05) is 4.90 Å². The van der Waals surface area contributed by atoms with Crippen LogP contribution in [-0.2, 0) is 19.8 Å². The van der Waals surface area contributed by atoms with Gasteiger partial charge in [0.05, 0.1) is 17.3 Å². The van der Waals surface area contributed by atoms with Crippen LogP contribution in [0.4, 0.5) is 11.4 Å². The molecule has 3 unspecified atom stereocenters. The Morgan fingerprint density at radius 2 is 1.44 bits per heavy atom. The lowest BCUT2D eigenvalue weighted by molar-refractivity contribution is -0.990. The van der Waals surface area contributed by atoms with E-state index in [1.54, 1.807) is 12.1 Å². The monoisotopic (exact) mass is 426 g/mol. The molecule has 0 saturated carbocycles. The van der Waals surface area contributed by atoms with E-state index in [4.69, 9.17) is 0 Å². The number of rotatable bonds is 3. The molecule has 1 fully saturated rings. The van der Waals surface area contributed by atoms with Gasteiger partial charge in [0, 0.05) is 12.0 Å². The Labute approximate surface area is 183 Å². The largest absolute Gasteiger partial charge is 0.595 e. The Morgan fingerprint density at radius 1 is 0.875 bits per heavy atom. The summed E-state index contributed by atoms with van der Waals surface area (Å²) >= 11 is 0. The van der Waals surface area contributed by atoms with Gasteiger partial charge in [-0.2, -0.15) is 5.23 Å². The summed E-state index contributed by atoms with van der Waals surface area (Å²) in [5.41, 5.74) is 1.84. The number of imide groups is 1.